The average molecular weight is 397 g/mol. The molecule has 5 nitrogen and oxygen atoms in total. The molecule has 9 heteroatoms. The number of amides is 3. The Labute approximate surface area is 159 Å². The number of halogens is 4. The molecular formula is C19H19F4N3O2. The molecule has 3 N–H and O–H groups in total. The molecule has 2 aromatic rings. The van der Waals surface area contributed by atoms with Gasteiger partial charge in [-0.1, -0.05) is 24.3 Å². The highest BCUT2D eigenvalue weighted by Gasteiger charge is 2.30. The summed E-state index contributed by atoms with van der Waals surface area (Å²) in [6.45, 7) is 0.396. The van der Waals surface area contributed by atoms with Gasteiger partial charge in [-0.15, -0.1) is 0 Å². The third kappa shape index (κ3) is 6.57. The van der Waals surface area contributed by atoms with Gasteiger partial charge in [0, 0.05) is 19.6 Å². The molecule has 2 rings (SSSR count). The molecule has 0 radical (unpaired) electrons. The molecule has 0 bridgehead atoms. The molecule has 0 saturated heterocycles. The zero-order valence-corrected chi connectivity index (χ0v) is 14.8. The van der Waals surface area contributed by atoms with Crippen LogP contribution in [0.3, 0.4) is 0 Å². The molecular weight excluding hydrogens is 378 g/mol. The molecule has 28 heavy (non-hydrogen) atoms. The van der Waals surface area contributed by atoms with E-state index in [1.165, 1.54) is 30.3 Å². The summed E-state index contributed by atoms with van der Waals surface area (Å²) >= 11 is 0. The van der Waals surface area contributed by atoms with Crippen LogP contribution in [-0.2, 0) is 12.7 Å². The van der Waals surface area contributed by atoms with Crippen LogP contribution in [-0.4, -0.2) is 25.0 Å². The van der Waals surface area contributed by atoms with E-state index < -0.39 is 29.5 Å². The van der Waals surface area contributed by atoms with Gasteiger partial charge in [-0.2, -0.15) is 13.2 Å². The van der Waals surface area contributed by atoms with Crippen molar-refractivity contribution in [3.63, 3.8) is 0 Å². The lowest BCUT2D eigenvalue weighted by atomic mass is 10.1. The summed E-state index contributed by atoms with van der Waals surface area (Å²) in [6.07, 6.45) is -4.04. The van der Waals surface area contributed by atoms with Crippen molar-refractivity contribution >= 4 is 11.9 Å². The van der Waals surface area contributed by atoms with Crippen LogP contribution in [0.4, 0.5) is 22.4 Å². The quantitative estimate of drug-likeness (QED) is 0.495. The maximum absolute atomic E-state index is 13.4. The van der Waals surface area contributed by atoms with Gasteiger partial charge in [-0.25, -0.2) is 9.18 Å². The van der Waals surface area contributed by atoms with Crippen LogP contribution in [0.1, 0.15) is 27.9 Å². The summed E-state index contributed by atoms with van der Waals surface area (Å²) in [7, 11) is 0. The molecule has 150 valence electrons. The molecule has 0 heterocycles. The monoisotopic (exact) mass is 397 g/mol. The van der Waals surface area contributed by atoms with Crippen molar-refractivity contribution in [2.75, 3.05) is 13.1 Å². The summed E-state index contributed by atoms with van der Waals surface area (Å²) in [5, 5.41) is 7.52. The topological polar surface area (TPSA) is 70.2 Å². The molecule has 0 fully saturated rings. The highest BCUT2D eigenvalue weighted by molar-refractivity contribution is 5.94. The van der Waals surface area contributed by atoms with Crippen LogP contribution in [0, 0.1) is 5.82 Å². The first-order chi connectivity index (χ1) is 13.3. The Morgan fingerprint density at radius 1 is 0.893 bits per heavy atom. The number of carbonyl (C=O) groups is 2. The van der Waals surface area contributed by atoms with Crippen molar-refractivity contribution in [3.8, 4) is 0 Å². The van der Waals surface area contributed by atoms with Crippen LogP contribution in [0.25, 0.3) is 0 Å². The average Bonchev–Trinajstić information content (AvgIpc) is 2.66. The Bertz CT molecular complexity index is 825. The molecule has 0 atom stereocenters. The predicted octanol–water partition coefficient (Wildman–Crippen LogP) is 3.46. The molecule has 0 aliphatic carbocycles. The lowest BCUT2D eigenvalue weighted by Crippen LogP contribution is -2.37. The van der Waals surface area contributed by atoms with Gasteiger partial charge in [0.05, 0.1) is 11.1 Å². The van der Waals surface area contributed by atoms with Gasteiger partial charge in [-0.05, 0) is 36.2 Å². The molecule has 2 aromatic carbocycles. The number of nitrogens with one attached hydrogen (secondary N) is 3. The second-order valence-corrected chi connectivity index (χ2v) is 5.90. The van der Waals surface area contributed by atoms with Crippen molar-refractivity contribution in [1.29, 1.82) is 0 Å². The Morgan fingerprint density at radius 2 is 1.61 bits per heavy atom. The number of hydrogen-bond donors (Lipinski definition) is 3. The molecule has 0 unspecified atom stereocenters. The van der Waals surface area contributed by atoms with Gasteiger partial charge in [0.25, 0.3) is 5.91 Å². The number of benzene rings is 2. The SMILES string of the molecule is O=C(NCCCNC(=O)c1ccccc1F)NCc1cccc(C(F)(F)F)c1. The van der Waals surface area contributed by atoms with E-state index in [1.54, 1.807) is 6.07 Å². The Morgan fingerprint density at radius 3 is 2.32 bits per heavy atom. The number of urea groups is 1. The van der Waals surface area contributed by atoms with Crippen molar-refractivity contribution in [2.45, 2.75) is 19.1 Å². The zero-order chi connectivity index (χ0) is 20.6. The van der Waals surface area contributed by atoms with Crippen LogP contribution in [0.5, 0.6) is 0 Å². The summed E-state index contributed by atoms with van der Waals surface area (Å²) in [4.78, 5) is 23.5. The fourth-order valence-electron chi connectivity index (χ4n) is 2.34. The van der Waals surface area contributed by atoms with Gasteiger partial charge in [0.15, 0.2) is 0 Å². The molecule has 0 aromatic heterocycles. The van der Waals surface area contributed by atoms with E-state index >= 15 is 0 Å². The number of carbonyl (C=O) groups excluding carboxylic acids is 2. The van der Waals surface area contributed by atoms with E-state index in [9.17, 15) is 27.2 Å². The highest BCUT2D eigenvalue weighted by atomic mass is 19.4. The summed E-state index contributed by atoms with van der Waals surface area (Å²) in [5.74, 6) is -1.17. The zero-order valence-electron chi connectivity index (χ0n) is 14.8. The standard InChI is InChI=1S/C19H19F4N3O2/c20-16-8-2-1-7-15(16)17(27)24-9-4-10-25-18(28)26-12-13-5-3-6-14(11-13)19(21,22)23/h1-3,5-8,11H,4,9-10,12H2,(H,24,27)(H2,25,26,28). The minimum Gasteiger partial charge on any atom is -0.352 e. The van der Waals surface area contributed by atoms with Crippen molar-refractivity contribution in [3.05, 3.63) is 71.0 Å². The normalized spacial score (nSPS) is 11.0. The number of hydrogen-bond acceptors (Lipinski definition) is 2. The van der Waals surface area contributed by atoms with Crippen LogP contribution in [0.2, 0.25) is 0 Å². The van der Waals surface area contributed by atoms with Crippen LogP contribution >= 0.6 is 0 Å². The summed E-state index contributed by atoms with van der Waals surface area (Å²) in [5.41, 5.74) is -0.519. The first kappa shape index (κ1) is 21.2. The molecule has 0 spiro atoms. The molecule has 0 aliphatic heterocycles. The third-order valence-electron chi connectivity index (χ3n) is 3.75. The second kappa shape index (κ2) is 9.72. The van der Waals surface area contributed by atoms with Gasteiger partial charge in [0.1, 0.15) is 5.82 Å². The minimum atomic E-state index is -4.44. The Kier molecular flexibility index (Phi) is 7.36. The number of alkyl halides is 3. The third-order valence-corrected chi connectivity index (χ3v) is 3.75. The van der Waals surface area contributed by atoms with Crippen molar-refractivity contribution in [2.24, 2.45) is 0 Å². The van der Waals surface area contributed by atoms with Gasteiger partial charge in [-0.3, -0.25) is 4.79 Å². The highest BCUT2D eigenvalue weighted by Crippen LogP contribution is 2.29. The largest absolute Gasteiger partial charge is 0.416 e. The van der Waals surface area contributed by atoms with E-state index in [-0.39, 0.29) is 25.2 Å². The molecule has 3 amide bonds. The molecule has 0 saturated carbocycles. The lowest BCUT2D eigenvalue weighted by Gasteiger charge is -2.11. The van der Waals surface area contributed by atoms with E-state index in [0.29, 0.717) is 12.0 Å². The van der Waals surface area contributed by atoms with E-state index in [2.05, 4.69) is 16.0 Å². The lowest BCUT2D eigenvalue weighted by molar-refractivity contribution is -0.137. The fourth-order valence-corrected chi connectivity index (χ4v) is 2.34. The Balaban J connectivity index is 1.65. The Hall–Kier alpha value is -3.10. The van der Waals surface area contributed by atoms with Crippen molar-refractivity contribution in [1.82, 2.24) is 16.0 Å². The predicted molar refractivity (Wildman–Crippen MR) is 95.0 cm³/mol. The fraction of sp³-hybridized carbons (Fsp3) is 0.263. The van der Waals surface area contributed by atoms with Gasteiger partial charge >= 0.3 is 12.2 Å². The maximum atomic E-state index is 13.4. The first-order valence-electron chi connectivity index (χ1n) is 8.48. The van der Waals surface area contributed by atoms with Gasteiger partial charge < -0.3 is 16.0 Å². The summed E-state index contributed by atoms with van der Waals surface area (Å²) in [6, 6.07) is 9.72. The minimum absolute atomic E-state index is 0.0558. The van der Waals surface area contributed by atoms with E-state index in [4.69, 9.17) is 0 Å². The van der Waals surface area contributed by atoms with E-state index in [1.807, 2.05) is 0 Å². The first-order valence-corrected chi connectivity index (χ1v) is 8.48. The summed E-state index contributed by atoms with van der Waals surface area (Å²) < 4.78 is 51.4. The maximum Gasteiger partial charge on any atom is 0.416 e. The van der Waals surface area contributed by atoms with E-state index in [0.717, 1.165) is 12.1 Å². The second-order valence-electron chi connectivity index (χ2n) is 5.90. The van der Waals surface area contributed by atoms with Crippen molar-refractivity contribution < 1.29 is 27.2 Å². The van der Waals surface area contributed by atoms with Gasteiger partial charge in [0.2, 0.25) is 0 Å². The molecule has 0 aliphatic rings. The smallest absolute Gasteiger partial charge is 0.352 e. The number of rotatable bonds is 7. The van der Waals surface area contributed by atoms with Crippen LogP contribution in [0.15, 0.2) is 48.5 Å². The van der Waals surface area contributed by atoms with Crippen LogP contribution < -0.4 is 16.0 Å².